The summed E-state index contributed by atoms with van der Waals surface area (Å²) in [7, 11) is 1.31. The Balaban J connectivity index is 1.48. The highest BCUT2D eigenvalue weighted by molar-refractivity contribution is 5.95. The summed E-state index contributed by atoms with van der Waals surface area (Å²) in [6.45, 7) is 0.0147. The second-order valence-corrected chi connectivity index (χ2v) is 7.18. The summed E-state index contributed by atoms with van der Waals surface area (Å²) in [5, 5.41) is 5.91. The van der Waals surface area contributed by atoms with Crippen molar-refractivity contribution < 1.29 is 27.8 Å². The van der Waals surface area contributed by atoms with E-state index in [4.69, 9.17) is 4.74 Å². The maximum absolute atomic E-state index is 13.3. The minimum absolute atomic E-state index is 0.00622. The number of esters is 1. The van der Waals surface area contributed by atoms with E-state index in [0.29, 0.717) is 36.9 Å². The smallest absolute Gasteiger partial charge is 0.325 e. The van der Waals surface area contributed by atoms with Crippen molar-refractivity contribution in [1.29, 1.82) is 0 Å². The molecule has 0 unspecified atom stereocenters. The molecule has 0 aliphatic heterocycles. The van der Waals surface area contributed by atoms with Crippen molar-refractivity contribution in [2.24, 2.45) is 0 Å². The molecule has 1 saturated carbocycles. The summed E-state index contributed by atoms with van der Waals surface area (Å²) in [4.78, 5) is 23.8. The van der Waals surface area contributed by atoms with Crippen LogP contribution in [0.2, 0.25) is 0 Å². The van der Waals surface area contributed by atoms with Gasteiger partial charge < -0.3 is 20.1 Å². The quantitative estimate of drug-likeness (QED) is 0.671. The van der Waals surface area contributed by atoms with E-state index >= 15 is 0 Å². The number of hydrogen-bond donors (Lipinski definition) is 2. The SMILES string of the molecule is COC(=O)CNc1cccc(C(=O)NC2CCC(Oc3cc(F)cc(F)c3)CC2)c1. The summed E-state index contributed by atoms with van der Waals surface area (Å²) in [6.07, 6.45) is 2.60. The fraction of sp³-hybridized carbons (Fsp3) is 0.364. The summed E-state index contributed by atoms with van der Waals surface area (Å²) in [5.74, 6) is -1.77. The zero-order chi connectivity index (χ0) is 21.5. The van der Waals surface area contributed by atoms with Crippen LogP contribution in [0, 0.1) is 11.6 Å². The summed E-state index contributed by atoms with van der Waals surface area (Å²) in [6, 6.07) is 10.00. The molecule has 0 bridgehead atoms. The molecule has 0 saturated heterocycles. The van der Waals surface area contributed by atoms with Gasteiger partial charge in [0, 0.05) is 35.5 Å². The Bertz CT molecular complexity index is 878. The van der Waals surface area contributed by atoms with Crippen molar-refractivity contribution in [3.63, 3.8) is 0 Å². The number of halogens is 2. The average Bonchev–Trinajstić information content (AvgIpc) is 2.73. The van der Waals surface area contributed by atoms with E-state index in [-0.39, 0.29) is 30.3 Å². The van der Waals surface area contributed by atoms with Gasteiger partial charge in [-0.1, -0.05) is 6.07 Å². The Hall–Kier alpha value is -3.16. The molecule has 30 heavy (non-hydrogen) atoms. The standard InChI is InChI=1S/C22H24F2N2O4/c1-29-21(27)13-25-18-4-2-3-14(9-18)22(28)26-17-5-7-19(8-6-17)30-20-11-15(23)10-16(24)12-20/h2-4,9-12,17,19,25H,5-8,13H2,1H3,(H,26,28). The Labute approximate surface area is 173 Å². The van der Waals surface area contributed by atoms with Crippen LogP contribution in [-0.4, -0.2) is 37.7 Å². The Kier molecular flexibility index (Phi) is 7.21. The van der Waals surface area contributed by atoms with Crippen LogP contribution in [0.25, 0.3) is 0 Å². The summed E-state index contributed by atoms with van der Waals surface area (Å²) < 4.78 is 36.8. The Morgan fingerprint density at radius 1 is 1.03 bits per heavy atom. The lowest BCUT2D eigenvalue weighted by Gasteiger charge is -2.29. The number of methoxy groups -OCH3 is 1. The second kappa shape index (κ2) is 10.0. The van der Waals surface area contributed by atoms with E-state index < -0.39 is 17.6 Å². The molecule has 0 heterocycles. The molecule has 1 amide bonds. The van der Waals surface area contributed by atoms with E-state index in [0.717, 1.165) is 18.2 Å². The number of ether oxygens (including phenoxy) is 2. The van der Waals surface area contributed by atoms with Gasteiger partial charge in [-0.3, -0.25) is 9.59 Å². The Morgan fingerprint density at radius 2 is 1.73 bits per heavy atom. The monoisotopic (exact) mass is 418 g/mol. The predicted molar refractivity (Wildman–Crippen MR) is 107 cm³/mol. The third kappa shape index (κ3) is 6.17. The highest BCUT2D eigenvalue weighted by Gasteiger charge is 2.24. The lowest BCUT2D eigenvalue weighted by atomic mass is 9.92. The molecule has 1 fully saturated rings. The topological polar surface area (TPSA) is 76.7 Å². The zero-order valence-corrected chi connectivity index (χ0v) is 16.6. The fourth-order valence-electron chi connectivity index (χ4n) is 3.40. The fourth-order valence-corrected chi connectivity index (χ4v) is 3.40. The van der Waals surface area contributed by atoms with Gasteiger partial charge in [-0.05, 0) is 43.9 Å². The molecule has 2 aromatic rings. The molecular weight excluding hydrogens is 394 g/mol. The van der Waals surface area contributed by atoms with Crippen LogP contribution in [0.5, 0.6) is 5.75 Å². The van der Waals surface area contributed by atoms with E-state index in [1.807, 2.05) is 0 Å². The van der Waals surface area contributed by atoms with Crippen molar-refractivity contribution in [3.8, 4) is 5.75 Å². The molecule has 0 aromatic heterocycles. The van der Waals surface area contributed by atoms with Gasteiger partial charge in [0.05, 0.1) is 13.2 Å². The lowest BCUT2D eigenvalue weighted by Crippen LogP contribution is -2.39. The van der Waals surface area contributed by atoms with Crippen LogP contribution >= 0.6 is 0 Å². The first-order valence-electron chi connectivity index (χ1n) is 9.77. The van der Waals surface area contributed by atoms with Crippen LogP contribution < -0.4 is 15.4 Å². The van der Waals surface area contributed by atoms with Crippen molar-refractivity contribution in [2.45, 2.75) is 37.8 Å². The summed E-state index contributed by atoms with van der Waals surface area (Å²) in [5.41, 5.74) is 1.13. The normalized spacial score (nSPS) is 18.4. The van der Waals surface area contributed by atoms with Gasteiger partial charge in [0.15, 0.2) is 0 Å². The van der Waals surface area contributed by atoms with Crippen LogP contribution in [0.1, 0.15) is 36.0 Å². The van der Waals surface area contributed by atoms with Crippen LogP contribution in [0.3, 0.4) is 0 Å². The molecule has 2 aromatic carbocycles. The van der Waals surface area contributed by atoms with Gasteiger partial charge in [0.1, 0.15) is 23.9 Å². The number of nitrogens with one attached hydrogen (secondary N) is 2. The van der Waals surface area contributed by atoms with Gasteiger partial charge in [-0.2, -0.15) is 0 Å². The van der Waals surface area contributed by atoms with Crippen LogP contribution in [0.4, 0.5) is 14.5 Å². The average molecular weight is 418 g/mol. The van der Waals surface area contributed by atoms with Crippen molar-refractivity contribution in [3.05, 3.63) is 59.7 Å². The predicted octanol–water partition coefficient (Wildman–Crippen LogP) is 3.67. The number of anilines is 1. The molecular formula is C22H24F2N2O4. The van der Waals surface area contributed by atoms with E-state index in [1.54, 1.807) is 24.3 Å². The molecule has 8 heteroatoms. The molecule has 3 rings (SSSR count). The third-order valence-electron chi connectivity index (χ3n) is 4.94. The lowest BCUT2D eigenvalue weighted by molar-refractivity contribution is -0.138. The van der Waals surface area contributed by atoms with Gasteiger partial charge >= 0.3 is 5.97 Å². The highest BCUT2D eigenvalue weighted by Crippen LogP contribution is 2.25. The molecule has 6 nitrogen and oxygen atoms in total. The van der Waals surface area contributed by atoms with E-state index in [2.05, 4.69) is 15.4 Å². The maximum atomic E-state index is 13.3. The third-order valence-corrected chi connectivity index (χ3v) is 4.94. The van der Waals surface area contributed by atoms with Gasteiger partial charge in [-0.25, -0.2) is 8.78 Å². The first-order valence-corrected chi connectivity index (χ1v) is 9.77. The number of rotatable bonds is 7. The molecule has 160 valence electrons. The number of hydrogen-bond acceptors (Lipinski definition) is 5. The molecule has 0 radical (unpaired) electrons. The first-order chi connectivity index (χ1) is 14.4. The van der Waals surface area contributed by atoms with Crippen LogP contribution in [-0.2, 0) is 9.53 Å². The number of carbonyl (C=O) groups excluding carboxylic acids is 2. The molecule has 0 atom stereocenters. The van der Waals surface area contributed by atoms with Crippen molar-refractivity contribution >= 4 is 17.6 Å². The van der Waals surface area contributed by atoms with E-state index in [1.165, 1.54) is 7.11 Å². The minimum Gasteiger partial charge on any atom is -0.490 e. The van der Waals surface area contributed by atoms with Gasteiger partial charge in [0.2, 0.25) is 0 Å². The number of benzene rings is 2. The van der Waals surface area contributed by atoms with Crippen LogP contribution in [0.15, 0.2) is 42.5 Å². The molecule has 1 aliphatic rings. The highest BCUT2D eigenvalue weighted by atomic mass is 19.1. The van der Waals surface area contributed by atoms with Crippen molar-refractivity contribution in [2.75, 3.05) is 19.0 Å². The molecule has 0 spiro atoms. The summed E-state index contributed by atoms with van der Waals surface area (Å²) >= 11 is 0. The van der Waals surface area contributed by atoms with Gasteiger partial charge in [0.25, 0.3) is 5.91 Å². The first kappa shape index (κ1) is 21.5. The van der Waals surface area contributed by atoms with Gasteiger partial charge in [-0.15, -0.1) is 0 Å². The molecule has 1 aliphatic carbocycles. The number of carbonyl (C=O) groups is 2. The van der Waals surface area contributed by atoms with E-state index in [9.17, 15) is 18.4 Å². The minimum atomic E-state index is -0.672. The van der Waals surface area contributed by atoms with Crippen molar-refractivity contribution in [1.82, 2.24) is 5.32 Å². The zero-order valence-electron chi connectivity index (χ0n) is 16.6. The second-order valence-electron chi connectivity index (χ2n) is 7.18. The Morgan fingerprint density at radius 3 is 2.40 bits per heavy atom. The maximum Gasteiger partial charge on any atom is 0.325 e. The number of amides is 1. The largest absolute Gasteiger partial charge is 0.490 e. The molecule has 2 N–H and O–H groups in total.